The first kappa shape index (κ1) is 88.2. The third-order valence-electron chi connectivity index (χ3n) is 21.4. The van der Waals surface area contributed by atoms with Crippen molar-refractivity contribution in [3.63, 3.8) is 0 Å². The molecule has 0 saturated carbocycles. The van der Waals surface area contributed by atoms with Crippen molar-refractivity contribution in [3.8, 4) is 23.0 Å². The van der Waals surface area contributed by atoms with E-state index < -0.39 is 44.8 Å². The summed E-state index contributed by atoms with van der Waals surface area (Å²) < 4.78 is 97.1. The number of ether oxygens (including phenoxy) is 4. The standard InChI is InChI=1S/4C26H35NO4/c4*1-27(2)19-21(17-24(28)11-7-13-26(29)30)16-23-10-5-4-9-22(23)15-14-20-8-6-12-25(18-20)31-3/h4*4-6,8-10,12,18,21H,7,11,13-17,19H2,1-3H3,(H,29,30)/i3*1D3;/hD. The second-order valence-corrected chi connectivity index (χ2v) is 32.6. The second-order valence-electron chi connectivity index (χ2n) is 32.6. The predicted molar refractivity (Wildman–Crippen MR) is 495 cm³/mol. The Morgan fingerprint density at radius 2 is 0.508 bits per heavy atom. The zero-order valence-corrected chi connectivity index (χ0v) is 74.3. The van der Waals surface area contributed by atoms with Crippen LogP contribution in [0.2, 0.25) is 0 Å². The lowest BCUT2D eigenvalue weighted by Crippen LogP contribution is -2.26. The van der Waals surface area contributed by atoms with Gasteiger partial charge in [0.15, 0.2) is 0 Å². The minimum Gasteiger partial charge on any atom is -0.497 e. The number of carbonyl (C=O) groups excluding carboxylic acids is 4. The van der Waals surface area contributed by atoms with Crippen LogP contribution in [-0.4, -0.2) is 198 Å². The molecule has 0 aliphatic heterocycles. The van der Waals surface area contributed by atoms with Crippen molar-refractivity contribution in [2.45, 2.75) is 180 Å². The van der Waals surface area contributed by atoms with Crippen LogP contribution in [0.5, 0.6) is 23.0 Å². The van der Waals surface area contributed by atoms with Gasteiger partial charge in [-0.1, -0.05) is 146 Å². The molecule has 0 radical (unpaired) electrons. The zero-order valence-electron chi connectivity index (χ0n) is 84.3. The van der Waals surface area contributed by atoms with Crippen molar-refractivity contribution in [1.82, 2.24) is 19.6 Å². The fraction of sp³-hybridized carbons (Fsp3) is 0.462. The molecule has 0 aliphatic carbocycles. The Balaban J connectivity index is 0.000000316. The Kier molecular flexibility index (Phi) is 42.2. The van der Waals surface area contributed by atoms with Crippen LogP contribution in [0, 0.1) is 23.7 Å². The predicted octanol–water partition coefficient (Wildman–Crippen LogP) is 17.7. The van der Waals surface area contributed by atoms with Gasteiger partial charge in [0.05, 0.1) is 28.4 Å². The summed E-state index contributed by atoms with van der Waals surface area (Å²) in [7, 11) is 15.3. The van der Waals surface area contributed by atoms with Crippen LogP contribution < -0.4 is 18.9 Å². The summed E-state index contributed by atoms with van der Waals surface area (Å²) in [5, 5.41) is 30.3. The molecule has 0 amide bonds. The van der Waals surface area contributed by atoms with Crippen molar-refractivity contribution in [1.29, 1.82) is 1.43 Å². The number of hydrogen-bond acceptors (Lipinski definition) is 17. The molecule has 8 rings (SSSR count). The van der Waals surface area contributed by atoms with Gasteiger partial charge in [0, 0.05) is 116 Å². The van der Waals surface area contributed by atoms with Crippen LogP contribution in [0.4, 0.5) is 0 Å². The van der Waals surface area contributed by atoms with E-state index in [0.717, 1.165) is 104 Å². The molecular weight excluding hydrogens is 1560 g/mol. The number of carboxylic acids is 4. The molecule has 0 spiro atoms. The minimum atomic E-state index is -2.24. The van der Waals surface area contributed by atoms with Crippen LogP contribution in [0.1, 0.15) is 182 Å². The molecule has 0 aliphatic rings. The van der Waals surface area contributed by atoms with Crippen LogP contribution in [-0.2, 0) is 115 Å². The molecule has 4 unspecified atom stereocenters. The number of hydrogen-bond donors (Lipinski definition) is 4. The van der Waals surface area contributed by atoms with E-state index in [2.05, 4.69) is 82.8 Å². The monoisotopic (exact) mass is 1710 g/mol. The summed E-state index contributed by atoms with van der Waals surface area (Å²) >= 11 is 0. The Morgan fingerprint density at radius 1 is 0.290 bits per heavy atom. The average Bonchev–Trinajstić information content (AvgIpc) is 0.865. The maximum Gasteiger partial charge on any atom is 0.303 e. The number of rotatable bonds is 56. The third kappa shape index (κ3) is 45.1. The van der Waals surface area contributed by atoms with Gasteiger partial charge in [-0.05, 0) is 298 Å². The van der Waals surface area contributed by atoms with E-state index >= 15 is 0 Å². The number of methoxy groups -OCH3 is 4. The molecule has 8 aromatic rings. The van der Waals surface area contributed by atoms with Gasteiger partial charge in [-0.2, -0.15) is 0 Å². The van der Waals surface area contributed by atoms with Gasteiger partial charge >= 0.3 is 23.9 Å². The summed E-state index contributed by atoms with van der Waals surface area (Å²) in [5.74, 6) is -0.283. The average molecular weight is 1710 g/mol. The van der Waals surface area contributed by atoms with E-state index in [4.69, 9.17) is 48.0 Å². The van der Waals surface area contributed by atoms with E-state index in [1.54, 1.807) is 49.6 Å². The van der Waals surface area contributed by atoms with Crippen molar-refractivity contribution < 1.29 is 90.1 Å². The first-order valence-corrected chi connectivity index (χ1v) is 43.1. The van der Waals surface area contributed by atoms with Gasteiger partial charge < -0.3 is 59.0 Å². The fourth-order valence-electron chi connectivity index (χ4n) is 15.6. The molecule has 672 valence electrons. The van der Waals surface area contributed by atoms with E-state index in [0.29, 0.717) is 57.8 Å². The lowest BCUT2D eigenvalue weighted by Gasteiger charge is -2.22. The molecule has 0 heterocycles. The molecule has 0 bridgehead atoms. The number of aryl methyl sites for hydroxylation is 8. The van der Waals surface area contributed by atoms with Crippen LogP contribution >= 0.6 is 0 Å². The second kappa shape index (κ2) is 59.2. The summed E-state index contributed by atoms with van der Waals surface area (Å²) in [6, 6.07) is 64.8. The van der Waals surface area contributed by atoms with E-state index in [1.807, 2.05) is 135 Å². The number of aliphatic carboxylic acids is 4. The maximum atomic E-state index is 12.6. The zero-order chi connectivity index (χ0) is 98.8. The number of nitrogens with zero attached hydrogens (tertiary/aromatic N) is 4. The molecule has 8 aromatic carbocycles. The van der Waals surface area contributed by atoms with Crippen LogP contribution in [0.25, 0.3) is 1.43 Å². The first-order chi connectivity index (χ1) is 63.6. The highest BCUT2D eigenvalue weighted by atomic mass is 16.5. The summed E-state index contributed by atoms with van der Waals surface area (Å²) in [4.78, 5) is 99.6. The highest BCUT2D eigenvalue weighted by Gasteiger charge is 2.23. The van der Waals surface area contributed by atoms with Gasteiger partial charge in [0.1, 0.15) is 46.1 Å². The summed E-state index contributed by atoms with van der Waals surface area (Å²) in [6.07, 6.45) is 12.8. The molecule has 124 heavy (non-hydrogen) atoms. The van der Waals surface area contributed by atoms with E-state index in [1.165, 1.54) is 64.8 Å². The number of Topliss-reactive ketones (excluding diaryl/α,β-unsaturated/α-hetero) is 4. The van der Waals surface area contributed by atoms with Gasteiger partial charge in [-0.3, -0.25) is 38.4 Å². The van der Waals surface area contributed by atoms with Crippen LogP contribution in [0.15, 0.2) is 194 Å². The minimum absolute atomic E-state index is 0.0161. The lowest BCUT2D eigenvalue weighted by atomic mass is 9.89. The quantitative estimate of drug-likeness (QED) is 0.0276. The van der Waals surface area contributed by atoms with Crippen LogP contribution in [0.3, 0.4) is 0 Å². The number of carbonyl (C=O) groups is 8. The molecule has 0 aromatic heterocycles. The van der Waals surface area contributed by atoms with E-state index in [-0.39, 0.29) is 131 Å². The first-order valence-electron chi connectivity index (χ1n) is 48.0. The fourth-order valence-corrected chi connectivity index (χ4v) is 15.6. The highest BCUT2D eigenvalue weighted by molar-refractivity contribution is 5.81. The molecular formula is C104H140N4O16. The molecule has 4 atom stereocenters. The molecule has 4 N–H and O–H groups in total. The number of benzene rings is 8. The molecule has 20 heteroatoms. The Hall–Kier alpha value is -10.6. The molecule has 0 saturated heterocycles. The van der Waals surface area contributed by atoms with Crippen molar-refractivity contribution in [2.24, 2.45) is 23.7 Å². The number of ketones is 4. The normalized spacial score (nSPS) is 13.5. The van der Waals surface area contributed by atoms with E-state index in [9.17, 15) is 38.4 Å². The summed E-state index contributed by atoms with van der Waals surface area (Å²) in [5.41, 5.74) is 14.2. The van der Waals surface area contributed by atoms with Gasteiger partial charge in [0.2, 0.25) is 0 Å². The van der Waals surface area contributed by atoms with Gasteiger partial charge in [-0.15, -0.1) is 0 Å². The lowest BCUT2D eigenvalue weighted by molar-refractivity contribution is -0.138. The third-order valence-corrected chi connectivity index (χ3v) is 21.4. The maximum absolute atomic E-state index is 12.6. The van der Waals surface area contributed by atoms with Crippen molar-refractivity contribution >= 4 is 47.0 Å². The Labute approximate surface area is 752 Å². The van der Waals surface area contributed by atoms with Crippen molar-refractivity contribution in [3.05, 3.63) is 261 Å². The van der Waals surface area contributed by atoms with Gasteiger partial charge in [0.25, 0.3) is 1.43 Å². The largest absolute Gasteiger partial charge is 0.497 e. The Bertz CT molecular complexity index is 4760. The molecule has 20 nitrogen and oxygen atoms in total. The SMILES string of the molecule is COc1cccc(CCc2ccccc2CC(CC(=O)CCCC(=O)O)CN(C)C)c1.[2H]C([2H])([2H])N(C)CC(CC(=O)CCCC(=O)O)Cc1ccccc1CCc1cccc(OC)c1.[2H]C([2H])([2H])N(C)CC(CC(=O)CCCC(=O)O)Cc1ccccc1CCc1cccc(OC)c1.[2H]OC(=O)CCCC(=O)CC(Cc1ccccc1CCc1cccc(OC)c1)CN(C)C([2H])([2H])[2H]. The van der Waals surface area contributed by atoms with Gasteiger partial charge in [-0.25, -0.2) is 0 Å². The van der Waals surface area contributed by atoms with Crippen molar-refractivity contribution in [2.75, 3.05) is 111 Å². The molecule has 0 fully saturated rings. The summed E-state index contributed by atoms with van der Waals surface area (Å²) in [6.45, 7) is -5.13. The number of carboxylic acid groups (broad SMARTS) is 4. The Morgan fingerprint density at radius 3 is 0.710 bits per heavy atom. The smallest absolute Gasteiger partial charge is 0.303 e. The topological polar surface area (TPSA) is 267 Å². The highest BCUT2D eigenvalue weighted by Crippen LogP contribution is 2.28.